The van der Waals surface area contributed by atoms with E-state index in [1.807, 2.05) is 37.3 Å². The van der Waals surface area contributed by atoms with Crippen molar-refractivity contribution in [1.29, 1.82) is 0 Å². The molecular weight excluding hydrogens is 272 g/mol. The van der Waals surface area contributed by atoms with Crippen molar-refractivity contribution in [3.63, 3.8) is 0 Å². The summed E-state index contributed by atoms with van der Waals surface area (Å²) in [4.78, 5) is 2.19. The maximum atomic E-state index is 11.8. The van der Waals surface area contributed by atoms with Crippen LogP contribution in [0.4, 0.5) is 5.69 Å². The van der Waals surface area contributed by atoms with Gasteiger partial charge in [-0.1, -0.05) is 18.2 Å². The Morgan fingerprint density at radius 1 is 1.40 bits per heavy atom. The lowest BCUT2D eigenvalue weighted by molar-refractivity contribution is 0.133. The van der Waals surface area contributed by atoms with Gasteiger partial charge in [0, 0.05) is 24.3 Å². The fourth-order valence-electron chi connectivity index (χ4n) is 2.72. The molecule has 0 bridgehead atoms. The van der Waals surface area contributed by atoms with Gasteiger partial charge in [-0.05, 0) is 31.0 Å². The molecule has 1 atom stereocenters. The van der Waals surface area contributed by atoms with Gasteiger partial charge in [-0.25, -0.2) is 8.42 Å². The van der Waals surface area contributed by atoms with Crippen molar-refractivity contribution in [3.8, 4) is 0 Å². The normalized spacial score (nSPS) is 24.9. The predicted octanol–water partition coefficient (Wildman–Crippen LogP) is 1.83. The van der Waals surface area contributed by atoms with Gasteiger partial charge in [-0.2, -0.15) is 0 Å². The molecule has 2 N–H and O–H groups in total. The van der Waals surface area contributed by atoms with Gasteiger partial charge in [0.1, 0.15) is 0 Å². The summed E-state index contributed by atoms with van der Waals surface area (Å²) in [6, 6.07) is 7.71. The standard InChI is InChI=1S/C15H22N2O2S/c1-3-9-17(11-13-4-6-14(16)7-5-13)15(2)8-10-20(18,19)12-15/h3-7H,1,8-12,16H2,2H3/t15-/m0/s1. The highest BCUT2D eigenvalue weighted by molar-refractivity contribution is 7.91. The molecule has 1 aromatic rings. The van der Waals surface area contributed by atoms with Gasteiger partial charge in [0.2, 0.25) is 0 Å². The molecule has 1 aliphatic heterocycles. The number of hydrogen-bond acceptors (Lipinski definition) is 4. The molecule has 5 heteroatoms. The Morgan fingerprint density at radius 3 is 2.55 bits per heavy atom. The molecular formula is C15H22N2O2S. The molecule has 1 aromatic carbocycles. The van der Waals surface area contributed by atoms with Gasteiger partial charge >= 0.3 is 0 Å². The van der Waals surface area contributed by atoms with E-state index in [1.54, 1.807) is 0 Å². The third kappa shape index (κ3) is 3.41. The van der Waals surface area contributed by atoms with E-state index in [2.05, 4.69) is 11.5 Å². The Hall–Kier alpha value is -1.33. The van der Waals surface area contributed by atoms with Crippen LogP contribution < -0.4 is 5.73 Å². The smallest absolute Gasteiger partial charge is 0.152 e. The SMILES string of the molecule is C=CCN(Cc1ccc(N)cc1)[C@@]1(C)CCS(=O)(=O)C1. The first-order valence-corrected chi connectivity index (χ1v) is 8.58. The lowest BCUT2D eigenvalue weighted by atomic mass is 9.98. The molecule has 110 valence electrons. The van der Waals surface area contributed by atoms with E-state index in [4.69, 9.17) is 5.73 Å². The van der Waals surface area contributed by atoms with Gasteiger partial charge in [-0.3, -0.25) is 4.90 Å². The number of anilines is 1. The average Bonchev–Trinajstić information content (AvgIpc) is 2.67. The van der Waals surface area contributed by atoms with E-state index in [-0.39, 0.29) is 17.0 Å². The van der Waals surface area contributed by atoms with Gasteiger partial charge in [0.15, 0.2) is 9.84 Å². The Bertz CT molecular complexity index is 580. The summed E-state index contributed by atoms with van der Waals surface area (Å²) in [6.45, 7) is 7.19. The number of nitrogens with zero attached hydrogens (tertiary/aromatic N) is 1. The molecule has 20 heavy (non-hydrogen) atoms. The molecule has 1 heterocycles. The van der Waals surface area contributed by atoms with Crippen LogP contribution in [0, 0.1) is 0 Å². The fourth-order valence-corrected chi connectivity index (χ4v) is 4.89. The molecule has 0 saturated carbocycles. The molecule has 0 aromatic heterocycles. The van der Waals surface area contributed by atoms with Crippen molar-refractivity contribution >= 4 is 15.5 Å². The van der Waals surface area contributed by atoms with Gasteiger partial charge in [-0.15, -0.1) is 6.58 Å². The Balaban J connectivity index is 2.19. The molecule has 0 unspecified atom stereocenters. The Kier molecular flexibility index (Phi) is 4.20. The zero-order valence-electron chi connectivity index (χ0n) is 11.9. The Morgan fingerprint density at radius 2 is 2.05 bits per heavy atom. The van der Waals surface area contributed by atoms with Crippen LogP contribution in [-0.4, -0.2) is 36.9 Å². The van der Waals surface area contributed by atoms with E-state index < -0.39 is 9.84 Å². The zero-order valence-corrected chi connectivity index (χ0v) is 12.7. The van der Waals surface area contributed by atoms with Crippen LogP contribution in [0.3, 0.4) is 0 Å². The third-order valence-electron chi connectivity index (χ3n) is 3.95. The van der Waals surface area contributed by atoms with Crippen LogP contribution in [0.1, 0.15) is 18.9 Å². The molecule has 0 spiro atoms. The van der Waals surface area contributed by atoms with Crippen LogP contribution >= 0.6 is 0 Å². The molecule has 4 nitrogen and oxygen atoms in total. The van der Waals surface area contributed by atoms with Crippen LogP contribution in [0.25, 0.3) is 0 Å². The quantitative estimate of drug-likeness (QED) is 0.665. The first-order chi connectivity index (χ1) is 9.35. The average molecular weight is 294 g/mol. The minimum atomic E-state index is -2.91. The minimum absolute atomic E-state index is 0.225. The number of nitrogens with two attached hydrogens (primary N) is 1. The summed E-state index contributed by atoms with van der Waals surface area (Å²) in [7, 11) is -2.91. The predicted molar refractivity (Wildman–Crippen MR) is 83.1 cm³/mol. The van der Waals surface area contributed by atoms with E-state index in [0.717, 1.165) is 11.3 Å². The molecule has 0 amide bonds. The van der Waals surface area contributed by atoms with Crippen molar-refractivity contribution < 1.29 is 8.42 Å². The van der Waals surface area contributed by atoms with Crippen LogP contribution in [0.5, 0.6) is 0 Å². The second kappa shape index (κ2) is 5.58. The molecule has 1 aliphatic rings. The highest BCUT2D eigenvalue weighted by atomic mass is 32.2. The summed E-state index contributed by atoms with van der Waals surface area (Å²) in [5, 5.41) is 0. The van der Waals surface area contributed by atoms with E-state index in [9.17, 15) is 8.42 Å². The molecule has 0 radical (unpaired) electrons. The summed E-state index contributed by atoms with van der Waals surface area (Å²) in [5.74, 6) is 0.502. The maximum Gasteiger partial charge on any atom is 0.152 e. The summed E-state index contributed by atoms with van der Waals surface area (Å²) < 4.78 is 23.6. The second-order valence-electron chi connectivity index (χ2n) is 5.75. The van der Waals surface area contributed by atoms with Crippen molar-refractivity contribution in [2.45, 2.75) is 25.4 Å². The van der Waals surface area contributed by atoms with Crippen LogP contribution in [0.15, 0.2) is 36.9 Å². The first kappa shape index (κ1) is 15.1. The van der Waals surface area contributed by atoms with E-state index in [1.165, 1.54) is 0 Å². The second-order valence-corrected chi connectivity index (χ2v) is 7.93. The molecule has 2 rings (SSSR count). The van der Waals surface area contributed by atoms with E-state index >= 15 is 0 Å². The van der Waals surface area contributed by atoms with Crippen LogP contribution in [-0.2, 0) is 16.4 Å². The number of sulfone groups is 1. The van der Waals surface area contributed by atoms with Crippen LogP contribution in [0.2, 0.25) is 0 Å². The number of nitrogen functional groups attached to an aromatic ring is 1. The van der Waals surface area contributed by atoms with E-state index in [0.29, 0.717) is 19.5 Å². The fraction of sp³-hybridized carbons (Fsp3) is 0.467. The van der Waals surface area contributed by atoms with Crippen molar-refractivity contribution in [3.05, 3.63) is 42.5 Å². The van der Waals surface area contributed by atoms with Gasteiger partial charge < -0.3 is 5.73 Å². The first-order valence-electron chi connectivity index (χ1n) is 6.75. The molecule has 1 fully saturated rings. The maximum absolute atomic E-state index is 11.8. The van der Waals surface area contributed by atoms with Crippen molar-refractivity contribution in [1.82, 2.24) is 4.90 Å². The zero-order chi connectivity index (χ0) is 14.8. The number of rotatable bonds is 5. The molecule has 0 aliphatic carbocycles. The number of hydrogen-bond donors (Lipinski definition) is 1. The Labute approximate surface area is 121 Å². The monoisotopic (exact) mass is 294 g/mol. The summed E-state index contributed by atoms with van der Waals surface area (Å²) >= 11 is 0. The summed E-state index contributed by atoms with van der Waals surface area (Å²) in [5.41, 5.74) is 7.25. The number of benzene rings is 1. The van der Waals surface area contributed by atoms with Crippen molar-refractivity contribution in [2.24, 2.45) is 0 Å². The highest BCUT2D eigenvalue weighted by Crippen LogP contribution is 2.30. The topological polar surface area (TPSA) is 63.4 Å². The third-order valence-corrected chi connectivity index (χ3v) is 5.84. The summed E-state index contributed by atoms with van der Waals surface area (Å²) in [6.07, 6.45) is 2.51. The van der Waals surface area contributed by atoms with Gasteiger partial charge in [0.25, 0.3) is 0 Å². The highest BCUT2D eigenvalue weighted by Gasteiger charge is 2.42. The molecule has 1 saturated heterocycles. The largest absolute Gasteiger partial charge is 0.399 e. The van der Waals surface area contributed by atoms with Gasteiger partial charge in [0.05, 0.1) is 11.5 Å². The lowest BCUT2D eigenvalue weighted by Crippen LogP contribution is -2.47. The minimum Gasteiger partial charge on any atom is -0.399 e. The van der Waals surface area contributed by atoms with Crippen molar-refractivity contribution in [2.75, 3.05) is 23.8 Å². The lowest BCUT2D eigenvalue weighted by Gasteiger charge is -2.37.